The smallest absolute Gasteiger partial charge is 0.213 e. The van der Waals surface area contributed by atoms with Crippen LogP contribution in [0.4, 0.5) is 5.69 Å². The van der Waals surface area contributed by atoms with E-state index in [9.17, 15) is 0 Å². The average molecular weight is 470 g/mol. The number of hydrogen-bond acceptors (Lipinski definition) is 1. The van der Waals surface area contributed by atoms with Gasteiger partial charge in [-0.2, -0.15) is 4.57 Å². The zero-order valence-corrected chi connectivity index (χ0v) is 18.7. The first kappa shape index (κ1) is 19.9. The third kappa shape index (κ3) is 3.62. The molecule has 3 aromatic rings. The molecule has 0 aliphatic heterocycles. The molecular weight excluding hydrogens is 443 g/mol. The zero-order chi connectivity index (χ0) is 18.3. The maximum Gasteiger partial charge on any atom is 0.213 e. The molecule has 1 aromatic heterocycles. The quantitative estimate of drug-likeness (QED) is 0.410. The lowest BCUT2D eigenvalue weighted by atomic mass is 9.86. The first-order valence-electron chi connectivity index (χ1n) is 9.45. The number of hydrogen-bond donors (Lipinski definition) is 0. The number of fused-ring (bicyclic) bond motifs is 2. The summed E-state index contributed by atoms with van der Waals surface area (Å²) >= 11 is 0. The second kappa shape index (κ2) is 8.01. The van der Waals surface area contributed by atoms with Gasteiger partial charge in [-0.25, -0.2) is 0 Å². The van der Waals surface area contributed by atoms with Crippen LogP contribution in [0.15, 0.2) is 48.5 Å². The Morgan fingerprint density at radius 1 is 0.963 bits per heavy atom. The number of benzene rings is 2. The summed E-state index contributed by atoms with van der Waals surface area (Å²) in [5.74, 6) is 0. The van der Waals surface area contributed by atoms with Gasteiger partial charge in [0.2, 0.25) is 11.2 Å². The van der Waals surface area contributed by atoms with Gasteiger partial charge < -0.3 is 28.9 Å². The molecule has 0 atom stereocenters. The fourth-order valence-electron chi connectivity index (χ4n) is 4.25. The van der Waals surface area contributed by atoms with Gasteiger partial charge in [0.25, 0.3) is 0 Å². The van der Waals surface area contributed by atoms with E-state index in [4.69, 9.17) is 0 Å². The Morgan fingerprint density at radius 2 is 1.67 bits per heavy atom. The lowest BCUT2D eigenvalue weighted by molar-refractivity contribution is -0.648. The summed E-state index contributed by atoms with van der Waals surface area (Å²) in [5, 5.41) is 1.38. The van der Waals surface area contributed by atoms with Gasteiger partial charge in [-0.05, 0) is 61.6 Å². The molecule has 0 N–H and O–H groups in total. The van der Waals surface area contributed by atoms with Crippen molar-refractivity contribution in [2.24, 2.45) is 7.05 Å². The van der Waals surface area contributed by atoms with Crippen molar-refractivity contribution < 1.29 is 28.5 Å². The van der Waals surface area contributed by atoms with Gasteiger partial charge in [-0.3, -0.25) is 0 Å². The minimum Gasteiger partial charge on any atom is -1.00 e. The molecule has 0 bridgehead atoms. The lowest BCUT2D eigenvalue weighted by Gasteiger charge is -2.20. The Bertz CT molecular complexity index is 1000. The number of halogens is 1. The summed E-state index contributed by atoms with van der Waals surface area (Å²) in [6, 6.07) is 17.6. The molecule has 3 heteroatoms. The number of rotatable bonds is 2. The molecule has 1 heterocycles. The average Bonchev–Trinajstić information content (AvgIpc) is 2.66. The molecule has 0 radical (unpaired) electrons. The molecule has 2 nitrogen and oxygen atoms in total. The topological polar surface area (TPSA) is 7.12 Å². The molecule has 0 fully saturated rings. The van der Waals surface area contributed by atoms with E-state index in [1.54, 1.807) is 0 Å². The van der Waals surface area contributed by atoms with Gasteiger partial charge in [0, 0.05) is 42.4 Å². The third-order valence-electron chi connectivity index (χ3n) is 5.67. The molecule has 2 aromatic carbocycles. The Morgan fingerprint density at radius 3 is 2.37 bits per heavy atom. The molecule has 0 spiro atoms. The molecule has 4 rings (SSSR count). The van der Waals surface area contributed by atoms with E-state index in [1.165, 1.54) is 57.4 Å². The number of aromatic nitrogens is 1. The van der Waals surface area contributed by atoms with E-state index in [1.807, 2.05) is 0 Å². The first-order valence-corrected chi connectivity index (χ1v) is 9.45. The van der Waals surface area contributed by atoms with Crippen LogP contribution < -0.4 is 33.4 Å². The van der Waals surface area contributed by atoms with Gasteiger partial charge in [0.15, 0.2) is 0 Å². The molecule has 0 unspecified atom stereocenters. The molecule has 140 valence electrons. The SMILES string of the molecule is Cc1c2c([n+](C)c3ccccc13)/C(=C/c1ccc(N(C)C)cc1)CCC2.[I-]. The Balaban J connectivity index is 0.00000210. The van der Waals surface area contributed by atoms with Crippen LogP contribution in [-0.2, 0) is 13.5 Å². The standard InChI is InChI=1S/C24H27N2.HI/c1-17-21-9-5-6-11-23(21)26(4)24-19(8-7-10-22(17)24)16-18-12-14-20(15-13-18)25(2)3;/h5-6,9,11-16H,7-8,10H2,1-4H3;1H/q+1;/p-1. The normalized spacial score (nSPS) is 14.7. The van der Waals surface area contributed by atoms with Crippen molar-refractivity contribution in [2.75, 3.05) is 19.0 Å². The second-order valence-corrected chi connectivity index (χ2v) is 7.54. The third-order valence-corrected chi connectivity index (χ3v) is 5.67. The number of nitrogens with zero attached hydrogens (tertiary/aromatic N) is 2. The number of aryl methyl sites for hydroxylation is 2. The predicted molar refractivity (Wildman–Crippen MR) is 111 cm³/mol. The van der Waals surface area contributed by atoms with Crippen molar-refractivity contribution in [3.63, 3.8) is 0 Å². The summed E-state index contributed by atoms with van der Waals surface area (Å²) in [7, 11) is 6.38. The summed E-state index contributed by atoms with van der Waals surface area (Å²) in [6.07, 6.45) is 5.93. The van der Waals surface area contributed by atoms with E-state index >= 15 is 0 Å². The second-order valence-electron chi connectivity index (χ2n) is 7.54. The maximum atomic E-state index is 2.40. The largest absolute Gasteiger partial charge is 1.00 e. The molecular formula is C24H27IN2. The number of anilines is 1. The Labute approximate surface area is 179 Å². The van der Waals surface area contributed by atoms with Gasteiger partial charge >= 0.3 is 0 Å². The Kier molecular flexibility index (Phi) is 5.89. The van der Waals surface area contributed by atoms with Crippen LogP contribution in [-0.4, -0.2) is 14.1 Å². The van der Waals surface area contributed by atoms with Crippen LogP contribution in [0.3, 0.4) is 0 Å². The minimum absolute atomic E-state index is 0. The monoisotopic (exact) mass is 470 g/mol. The highest BCUT2D eigenvalue weighted by atomic mass is 127. The van der Waals surface area contributed by atoms with Crippen LogP contribution in [0.25, 0.3) is 22.6 Å². The van der Waals surface area contributed by atoms with Gasteiger partial charge in [-0.15, -0.1) is 0 Å². The van der Waals surface area contributed by atoms with E-state index < -0.39 is 0 Å². The van der Waals surface area contributed by atoms with Gasteiger partial charge in [-0.1, -0.05) is 24.3 Å². The van der Waals surface area contributed by atoms with E-state index in [0.717, 1.165) is 6.42 Å². The fourth-order valence-corrected chi connectivity index (χ4v) is 4.25. The van der Waals surface area contributed by atoms with E-state index in [-0.39, 0.29) is 24.0 Å². The highest BCUT2D eigenvalue weighted by Gasteiger charge is 2.27. The van der Waals surface area contributed by atoms with Crippen LogP contribution >= 0.6 is 0 Å². The van der Waals surface area contributed by atoms with Gasteiger partial charge in [0.05, 0.1) is 0 Å². The molecule has 0 saturated carbocycles. The maximum absolute atomic E-state index is 2.40. The van der Waals surface area contributed by atoms with Crippen LogP contribution in [0, 0.1) is 6.92 Å². The number of pyridine rings is 1. The molecule has 1 aliphatic rings. The number of para-hydroxylation sites is 1. The Hall–Kier alpha value is -1.88. The summed E-state index contributed by atoms with van der Waals surface area (Å²) in [6.45, 7) is 2.29. The van der Waals surface area contributed by atoms with Crippen molar-refractivity contribution in [3.8, 4) is 0 Å². The summed E-state index contributed by atoms with van der Waals surface area (Å²) in [4.78, 5) is 2.14. The van der Waals surface area contributed by atoms with Crippen LogP contribution in [0.2, 0.25) is 0 Å². The summed E-state index contributed by atoms with van der Waals surface area (Å²) in [5.41, 5.74) is 9.69. The van der Waals surface area contributed by atoms with Gasteiger partial charge in [0.1, 0.15) is 7.05 Å². The molecule has 0 saturated heterocycles. The number of allylic oxidation sites excluding steroid dienone is 1. The van der Waals surface area contributed by atoms with Crippen molar-refractivity contribution >= 4 is 28.2 Å². The van der Waals surface area contributed by atoms with Crippen LogP contribution in [0.5, 0.6) is 0 Å². The zero-order valence-electron chi connectivity index (χ0n) is 16.6. The highest BCUT2D eigenvalue weighted by molar-refractivity contribution is 5.87. The van der Waals surface area contributed by atoms with Crippen molar-refractivity contribution in [3.05, 3.63) is 70.9 Å². The van der Waals surface area contributed by atoms with E-state index in [0.29, 0.717) is 0 Å². The first-order chi connectivity index (χ1) is 12.6. The van der Waals surface area contributed by atoms with Crippen molar-refractivity contribution in [1.82, 2.24) is 0 Å². The minimum atomic E-state index is 0. The highest BCUT2D eigenvalue weighted by Crippen LogP contribution is 2.34. The fraction of sp³-hybridized carbons (Fsp3) is 0.292. The van der Waals surface area contributed by atoms with Crippen molar-refractivity contribution in [1.29, 1.82) is 0 Å². The van der Waals surface area contributed by atoms with Crippen LogP contribution in [0.1, 0.15) is 35.2 Å². The van der Waals surface area contributed by atoms with Crippen molar-refractivity contribution in [2.45, 2.75) is 26.2 Å². The van der Waals surface area contributed by atoms with E-state index in [2.05, 4.69) is 92.1 Å². The summed E-state index contributed by atoms with van der Waals surface area (Å²) < 4.78 is 2.40. The molecule has 1 aliphatic carbocycles. The molecule has 0 amide bonds. The molecule has 27 heavy (non-hydrogen) atoms. The predicted octanol–water partition coefficient (Wildman–Crippen LogP) is 1.92. The lowest BCUT2D eigenvalue weighted by Crippen LogP contribution is -3.00.